The Labute approximate surface area is 146 Å². The van der Waals surface area contributed by atoms with Gasteiger partial charge in [-0.1, -0.05) is 6.07 Å². The van der Waals surface area contributed by atoms with E-state index in [-0.39, 0.29) is 11.8 Å². The predicted octanol–water partition coefficient (Wildman–Crippen LogP) is 1.20. The van der Waals surface area contributed by atoms with E-state index < -0.39 is 0 Å². The Kier molecular flexibility index (Phi) is 4.67. The highest BCUT2D eigenvalue weighted by atomic mass is 16.5. The fourth-order valence-corrected chi connectivity index (χ4v) is 3.82. The van der Waals surface area contributed by atoms with Crippen molar-refractivity contribution in [2.24, 2.45) is 17.8 Å². The standard InChI is InChI=1S/C18H21N5O2/c24-18(22-17-7-20-4-5-21-17)16-12-25-11-14-9-23(10-15(14)16)8-13-2-1-3-19-6-13/h1-7,14-16H,8-12H2,(H,21,22,24)/t14-,15-,16-/m1/s1. The highest BCUT2D eigenvalue weighted by molar-refractivity contribution is 5.92. The van der Waals surface area contributed by atoms with E-state index >= 15 is 0 Å². The van der Waals surface area contributed by atoms with Crippen LogP contribution in [0.5, 0.6) is 0 Å². The summed E-state index contributed by atoms with van der Waals surface area (Å²) >= 11 is 0. The maximum absolute atomic E-state index is 12.7. The summed E-state index contributed by atoms with van der Waals surface area (Å²) in [5.74, 6) is 1.00. The number of ether oxygens (including phenoxy) is 1. The SMILES string of the molecule is O=C(Nc1cnccn1)[C@@H]1COC[C@H]2CN(Cc3cccnc3)C[C@H]21. The molecule has 0 aliphatic carbocycles. The van der Waals surface area contributed by atoms with E-state index in [1.54, 1.807) is 24.8 Å². The molecule has 25 heavy (non-hydrogen) atoms. The second kappa shape index (κ2) is 7.25. The van der Waals surface area contributed by atoms with Gasteiger partial charge in [-0.2, -0.15) is 0 Å². The van der Waals surface area contributed by atoms with Crippen LogP contribution in [0, 0.1) is 17.8 Å². The van der Waals surface area contributed by atoms with E-state index in [1.165, 1.54) is 5.56 Å². The van der Waals surface area contributed by atoms with Gasteiger partial charge in [-0.25, -0.2) is 4.98 Å². The van der Waals surface area contributed by atoms with Crippen molar-refractivity contribution in [1.82, 2.24) is 19.9 Å². The van der Waals surface area contributed by atoms with Gasteiger partial charge in [-0.05, 0) is 23.5 Å². The number of anilines is 1. The molecule has 7 nitrogen and oxygen atoms in total. The average molecular weight is 339 g/mol. The zero-order chi connectivity index (χ0) is 17.1. The Balaban J connectivity index is 1.41. The molecule has 3 atom stereocenters. The molecule has 1 amide bonds. The number of nitrogens with one attached hydrogen (secondary N) is 1. The molecule has 2 fully saturated rings. The van der Waals surface area contributed by atoms with E-state index in [1.807, 2.05) is 12.3 Å². The molecule has 130 valence electrons. The normalized spacial score (nSPS) is 26.2. The van der Waals surface area contributed by atoms with E-state index in [0.717, 1.165) is 26.2 Å². The fraction of sp³-hybridized carbons (Fsp3) is 0.444. The predicted molar refractivity (Wildman–Crippen MR) is 91.5 cm³/mol. The van der Waals surface area contributed by atoms with Crippen molar-refractivity contribution in [3.8, 4) is 0 Å². The van der Waals surface area contributed by atoms with Crippen LogP contribution in [0.25, 0.3) is 0 Å². The first kappa shape index (κ1) is 16.1. The number of fused-ring (bicyclic) bond motifs is 1. The number of likely N-dealkylation sites (tertiary alicyclic amines) is 1. The molecule has 2 saturated heterocycles. The van der Waals surface area contributed by atoms with Gasteiger partial charge in [0.2, 0.25) is 5.91 Å². The topological polar surface area (TPSA) is 80.2 Å². The molecule has 2 aliphatic rings. The minimum Gasteiger partial charge on any atom is -0.380 e. The first-order valence-electron chi connectivity index (χ1n) is 8.55. The highest BCUT2D eigenvalue weighted by Crippen LogP contribution is 2.35. The minimum absolute atomic E-state index is 0.0292. The molecule has 2 aromatic rings. The smallest absolute Gasteiger partial charge is 0.231 e. The maximum Gasteiger partial charge on any atom is 0.231 e. The van der Waals surface area contributed by atoms with Crippen molar-refractivity contribution >= 4 is 11.7 Å². The lowest BCUT2D eigenvalue weighted by Crippen LogP contribution is -2.42. The van der Waals surface area contributed by atoms with Crippen LogP contribution in [0.3, 0.4) is 0 Å². The lowest BCUT2D eigenvalue weighted by molar-refractivity contribution is -0.128. The molecule has 0 aromatic carbocycles. The molecule has 4 rings (SSSR count). The van der Waals surface area contributed by atoms with E-state index in [4.69, 9.17) is 4.74 Å². The monoisotopic (exact) mass is 339 g/mol. The second-order valence-electron chi connectivity index (χ2n) is 6.70. The van der Waals surface area contributed by atoms with Crippen molar-refractivity contribution in [1.29, 1.82) is 0 Å². The van der Waals surface area contributed by atoms with Gasteiger partial charge in [0.25, 0.3) is 0 Å². The maximum atomic E-state index is 12.7. The minimum atomic E-state index is -0.153. The first-order valence-corrected chi connectivity index (χ1v) is 8.55. The summed E-state index contributed by atoms with van der Waals surface area (Å²) in [5, 5.41) is 2.87. The van der Waals surface area contributed by atoms with Gasteiger partial charge in [-0.3, -0.25) is 19.7 Å². The first-order chi connectivity index (χ1) is 12.3. The molecule has 2 aliphatic heterocycles. The molecule has 0 saturated carbocycles. The second-order valence-corrected chi connectivity index (χ2v) is 6.70. The number of amides is 1. The quantitative estimate of drug-likeness (QED) is 0.902. The summed E-state index contributed by atoms with van der Waals surface area (Å²) in [6, 6.07) is 4.04. The van der Waals surface area contributed by atoms with Crippen molar-refractivity contribution in [2.75, 3.05) is 31.6 Å². The van der Waals surface area contributed by atoms with E-state index in [2.05, 4.69) is 31.2 Å². The number of rotatable bonds is 4. The molecule has 7 heteroatoms. The molecule has 0 unspecified atom stereocenters. The molecule has 1 N–H and O–H groups in total. The van der Waals surface area contributed by atoms with Gasteiger partial charge in [0.15, 0.2) is 5.82 Å². The third-order valence-electron chi connectivity index (χ3n) is 4.99. The summed E-state index contributed by atoms with van der Waals surface area (Å²) < 4.78 is 5.72. The summed E-state index contributed by atoms with van der Waals surface area (Å²) in [6.07, 6.45) is 8.40. The number of aromatic nitrogens is 3. The van der Waals surface area contributed by atoms with Gasteiger partial charge in [0, 0.05) is 44.4 Å². The summed E-state index contributed by atoms with van der Waals surface area (Å²) in [6.45, 7) is 3.91. The molecular weight excluding hydrogens is 318 g/mol. The Bertz CT molecular complexity index is 712. The van der Waals surface area contributed by atoms with Gasteiger partial charge in [-0.15, -0.1) is 0 Å². The van der Waals surface area contributed by atoms with Crippen LogP contribution >= 0.6 is 0 Å². The van der Waals surface area contributed by atoms with Gasteiger partial charge >= 0.3 is 0 Å². The number of hydrogen-bond donors (Lipinski definition) is 1. The van der Waals surface area contributed by atoms with Gasteiger partial charge < -0.3 is 10.1 Å². The Hall–Kier alpha value is -2.38. The van der Waals surface area contributed by atoms with Crippen molar-refractivity contribution in [3.05, 3.63) is 48.7 Å². The number of nitrogens with zero attached hydrogens (tertiary/aromatic N) is 4. The van der Waals surface area contributed by atoms with Crippen LogP contribution in [0.1, 0.15) is 5.56 Å². The Morgan fingerprint density at radius 2 is 2.12 bits per heavy atom. The molecule has 2 aromatic heterocycles. The van der Waals surface area contributed by atoms with Gasteiger partial charge in [0.05, 0.1) is 25.3 Å². The third kappa shape index (κ3) is 3.67. The molecule has 4 heterocycles. The number of pyridine rings is 1. The van der Waals surface area contributed by atoms with Crippen LogP contribution in [0.2, 0.25) is 0 Å². The summed E-state index contributed by atoms with van der Waals surface area (Å²) in [5.41, 5.74) is 1.20. The summed E-state index contributed by atoms with van der Waals surface area (Å²) in [4.78, 5) is 27.4. The Morgan fingerprint density at radius 3 is 2.92 bits per heavy atom. The third-order valence-corrected chi connectivity index (χ3v) is 4.99. The zero-order valence-corrected chi connectivity index (χ0v) is 13.9. The summed E-state index contributed by atoms with van der Waals surface area (Å²) in [7, 11) is 0. The van der Waals surface area contributed by atoms with Crippen LogP contribution in [-0.2, 0) is 16.1 Å². The Morgan fingerprint density at radius 1 is 1.20 bits per heavy atom. The average Bonchev–Trinajstić information content (AvgIpc) is 3.05. The lowest BCUT2D eigenvalue weighted by Gasteiger charge is -2.31. The van der Waals surface area contributed by atoms with Crippen LogP contribution < -0.4 is 5.32 Å². The van der Waals surface area contributed by atoms with Crippen LogP contribution in [0.15, 0.2) is 43.1 Å². The zero-order valence-electron chi connectivity index (χ0n) is 13.9. The largest absolute Gasteiger partial charge is 0.380 e. The fourth-order valence-electron chi connectivity index (χ4n) is 3.82. The van der Waals surface area contributed by atoms with E-state index in [0.29, 0.717) is 24.3 Å². The van der Waals surface area contributed by atoms with Gasteiger partial charge in [0.1, 0.15) is 0 Å². The molecule has 0 bridgehead atoms. The van der Waals surface area contributed by atoms with Crippen molar-refractivity contribution in [2.45, 2.75) is 6.54 Å². The van der Waals surface area contributed by atoms with Crippen molar-refractivity contribution in [3.63, 3.8) is 0 Å². The molecule has 0 spiro atoms. The molecule has 0 radical (unpaired) electrons. The lowest BCUT2D eigenvalue weighted by atomic mass is 9.82. The molecular formula is C18H21N5O2. The van der Waals surface area contributed by atoms with Crippen molar-refractivity contribution < 1.29 is 9.53 Å². The van der Waals surface area contributed by atoms with Crippen LogP contribution in [-0.4, -0.2) is 52.1 Å². The number of carbonyl (C=O) groups is 1. The van der Waals surface area contributed by atoms with Crippen LogP contribution in [0.4, 0.5) is 5.82 Å². The number of carbonyl (C=O) groups excluding carboxylic acids is 1. The number of hydrogen-bond acceptors (Lipinski definition) is 6. The van der Waals surface area contributed by atoms with E-state index in [9.17, 15) is 4.79 Å². The highest BCUT2D eigenvalue weighted by Gasteiger charge is 2.43.